The van der Waals surface area contributed by atoms with Gasteiger partial charge in [-0.25, -0.2) is 13.2 Å². The van der Waals surface area contributed by atoms with Gasteiger partial charge in [-0.2, -0.15) is 0 Å². The second kappa shape index (κ2) is 5.63. The van der Waals surface area contributed by atoms with Crippen molar-refractivity contribution in [2.45, 2.75) is 38.6 Å². The highest BCUT2D eigenvalue weighted by Gasteiger charge is 2.21. The van der Waals surface area contributed by atoms with Crippen LogP contribution in [0.2, 0.25) is 0 Å². The molecule has 2 rings (SSSR count). The molecule has 19 heavy (non-hydrogen) atoms. The van der Waals surface area contributed by atoms with E-state index in [2.05, 4.69) is 12.2 Å². The minimum atomic E-state index is -1.55. The lowest BCUT2D eigenvalue weighted by Crippen LogP contribution is -2.37. The van der Waals surface area contributed by atoms with Gasteiger partial charge in [0.25, 0.3) is 5.91 Å². The third kappa shape index (κ3) is 3.28. The molecular weight excluding hydrogens is 255 g/mol. The smallest absolute Gasteiger partial charge is 0.251 e. The Morgan fingerprint density at radius 3 is 2.16 bits per heavy atom. The normalized spacial score (nSPS) is 23.2. The van der Waals surface area contributed by atoms with Gasteiger partial charge in [-0.3, -0.25) is 4.79 Å². The Bertz CT molecular complexity index is 459. The lowest BCUT2D eigenvalue weighted by molar-refractivity contribution is 0.0922. The Balaban J connectivity index is 2.04. The van der Waals surface area contributed by atoms with Gasteiger partial charge < -0.3 is 5.32 Å². The summed E-state index contributed by atoms with van der Waals surface area (Å²) in [5.74, 6) is -4.15. The van der Waals surface area contributed by atoms with Crippen LogP contribution >= 0.6 is 0 Å². The molecule has 0 spiro atoms. The molecule has 0 radical (unpaired) electrons. The molecule has 1 aliphatic rings. The van der Waals surface area contributed by atoms with Crippen molar-refractivity contribution in [3.05, 3.63) is 35.1 Å². The molecule has 1 aromatic carbocycles. The maximum Gasteiger partial charge on any atom is 0.251 e. The topological polar surface area (TPSA) is 29.1 Å². The van der Waals surface area contributed by atoms with E-state index in [1.807, 2.05) is 0 Å². The van der Waals surface area contributed by atoms with Crippen LogP contribution in [0.1, 0.15) is 43.0 Å². The predicted molar refractivity (Wildman–Crippen MR) is 65.2 cm³/mol. The van der Waals surface area contributed by atoms with Gasteiger partial charge in [0, 0.05) is 11.6 Å². The maximum atomic E-state index is 13.0. The predicted octanol–water partition coefficient (Wildman–Crippen LogP) is 3.41. The zero-order valence-electron chi connectivity index (χ0n) is 10.7. The summed E-state index contributed by atoms with van der Waals surface area (Å²) < 4.78 is 38.9. The first-order valence-electron chi connectivity index (χ1n) is 6.42. The molecular formula is C14H16F3NO. The van der Waals surface area contributed by atoms with E-state index in [1.165, 1.54) is 0 Å². The van der Waals surface area contributed by atoms with Crippen LogP contribution in [0.15, 0.2) is 12.1 Å². The Morgan fingerprint density at radius 1 is 1.11 bits per heavy atom. The Morgan fingerprint density at radius 2 is 1.63 bits per heavy atom. The molecule has 1 saturated carbocycles. The SMILES string of the molecule is CC1CCC(NC(=O)c2cc(F)c(F)c(F)c2)CC1. The molecule has 0 heterocycles. The van der Waals surface area contributed by atoms with Crippen molar-refractivity contribution in [3.8, 4) is 0 Å². The van der Waals surface area contributed by atoms with Crippen molar-refractivity contribution in [2.75, 3.05) is 0 Å². The largest absolute Gasteiger partial charge is 0.349 e. The van der Waals surface area contributed by atoms with E-state index in [-0.39, 0.29) is 11.6 Å². The molecule has 0 atom stereocenters. The first-order chi connectivity index (χ1) is 8.97. The summed E-state index contributed by atoms with van der Waals surface area (Å²) in [5, 5.41) is 2.73. The van der Waals surface area contributed by atoms with Crippen LogP contribution in [-0.2, 0) is 0 Å². The van der Waals surface area contributed by atoms with Gasteiger partial charge in [-0.15, -0.1) is 0 Å². The number of amides is 1. The fraction of sp³-hybridized carbons (Fsp3) is 0.500. The van der Waals surface area contributed by atoms with Gasteiger partial charge in [-0.05, 0) is 43.7 Å². The van der Waals surface area contributed by atoms with Crippen molar-refractivity contribution in [2.24, 2.45) is 5.92 Å². The van der Waals surface area contributed by atoms with Gasteiger partial charge in [0.2, 0.25) is 0 Å². The summed E-state index contributed by atoms with van der Waals surface area (Å²) in [7, 11) is 0. The number of carbonyl (C=O) groups is 1. The van der Waals surface area contributed by atoms with E-state index < -0.39 is 23.4 Å². The molecule has 2 nitrogen and oxygen atoms in total. The molecule has 1 aromatic rings. The van der Waals surface area contributed by atoms with Crippen molar-refractivity contribution in [1.82, 2.24) is 5.32 Å². The van der Waals surface area contributed by atoms with Crippen molar-refractivity contribution >= 4 is 5.91 Å². The minimum absolute atomic E-state index is 0.0277. The molecule has 0 aromatic heterocycles. The Labute approximate surface area is 110 Å². The Hall–Kier alpha value is -1.52. The first-order valence-corrected chi connectivity index (χ1v) is 6.42. The second-order valence-corrected chi connectivity index (χ2v) is 5.18. The molecule has 0 saturated heterocycles. The van der Waals surface area contributed by atoms with Crippen LogP contribution in [0.4, 0.5) is 13.2 Å². The fourth-order valence-corrected chi connectivity index (χ4v) is 2.36. The van der Waals surface area contributed by atoms with Gasteiger partial charge in [0.15, 0.2) is 17.5 Å². The molecule has 0 unspecified atom stereocenters. The summed E-state index contributed by atoms with van der Waals surface area (Å²) in [6.45, 7) is 2.16. The summed E-state index contributed by atoms with van der Waals surface area (Å²) in [4.78, 5) is 11.8. The Kier molecular flexibility index (Phi) is 4.12. The lowest BCUT2D eigenvalue weighted by atomic mass is 9.87. The van der Waals surface area contributed by atoms with E-state index in [0.717, 1.165) is 37.8 Å². The number of hydrogen-bond donors (Lipinski definition) is 1. The number of nitrogens with one attached hydrogen (secondary N) is 1. The third-order valence-corrected chi connectivity index (χ3v) is 3.60. The van der Waals surface area contributed by atoms with Crippen molar-refractivity contribution in [3.63, 3.8) is 0 Å². The average molecular weight is 271 g/mol. The number of rotatable bonds is 2. The number of carbonyl (C=O) groups excluding carboxylic acids is 1. The van der Waals surface area contributed by atoms with Crippen LogP contribution < -0.4 is 5.32 Å². The van der Waals surface area contributed by atoms with Crippen LogP contribution in [0, 0.1) is 23.4 Å². The van der Waals surface area contributed by atoms with E-state index in [9.17, 15) is 18.0 Å². The van der Waals surface area contributed by atoms with E-state index in [4.69, 9.17) is 0 Å². The molecule has 1 fully saturated rings. The van der Waals surface area contributed by atoms with Gasteiger partial charge >= 0.3 is 0 Å². The molecule has 0 bridgehead atoms. The second-order valence-electron chi connectivity index (χ2n) is 5.18. The average Bonchev–Trinajstić information content (AvgIpc) is 2.38. The lowest BCUT2D eigenvalue weighted by Gasteiger charge is -2.26. The summed E-state index contributed by atoms with van der Waals surface area (Å²) in [5.41, 5.74) is -0.185. The van der Waals surface area contributed by atoms with Crippen molar-refractivity contribution < 1.29 is 18.0 Å². The van der Waals surface area contributed by atoms with E-state index in [0.29, 0.717) is 5.92 Å². The molecule has 0 aliphatic heterocycles. The van der Waals surface area contributed by atoms with Gasteiger partial charge in [-0.1, -0.05) is 6.92 Å². The monoisotopic (exact) mass is 271 g/mol. The van der Waals surface area contributed by atoms with E-state index in [1.54, 1.807) is 0 Å². The zero-order valence-corrected chi connectivity index (χ0v) is 10.7. The number of benzene rings is 1. The highest BCUT2D eigenvalue weighted by Crippen LogP contribution is 2.23. The van der Waals surface area contributed by atoms with Gasteiger partial charge in [0.1, 0.15) is 0 Å². The summed E-state index contributed by atoms with van der Waals surface area (Å²) in [6.07, 6.45) is 3.77. The quantitative estimate of drug-likeness (QED) is 0.820. The van der Waals surface area contributed by atoms with E-state index >= 15 is 0 Å². The third-order valence-electron chi connectivity index (χ3n) is 3.60. The zero-order chi connectivity index (χ0) is 14.0. The molecule has 1 N–H and O–H groups in total. The van der Waals surface area contributed by atoms with Gasteiger partial charge in [0.05, 0.1) is 0 Å². The molecule has 5 heteroatoms. The van der Waals surface area contributed by atoms with Crippen LogP contribution in [0.3, 0.4) is 0 Å². The summed E-state index contributed by atoms with van der Waals surface area (Å²) in [6, 6.07) is 1.47. The molecule has 1 amide bonds. The number of hydrogen-bond acceptors (Lipinski definition) is 1. The van der Waals surface area contributed by atoms with Crippen LogP contribution in [-0.4, -0.2) is 11.9 Å². The molecule has 1 aliphatic carbocycles. The maximum absolute atomic E-state index is 13.0. The molecule has 104 valence electrons. The summed E-state index contributed by atoms with van der Waals surface area (Å²) >= 11 is 0. The van der Waals surface area contributed by atoms with Crippen LogP contribution in [0.5, 0.6) is 0 Å². The van der Waals surface area contributed by atoms with Crippen LogP contribution in [0.25, 0.3) is 0 Å². The first kappa shape index (κ1) is 13.9. The standard InChI is InChI=1S/C14H16F3NO/c1-8-2-4-10(5-3-8)18-14(19)9-6-11(15)13(17)12(16)7-9/h6-8,10H,2-5H2,1H3,(H,18,19). The minimum Gasteiger partial charge on any atom is -0.349 e. The van der Waals surface area contributed by atoms with Crippen molar-refractivity contribution in [1.29, 1.82) is 0 Å². The highest BCUT2D eigenvalue weighted by molar-refractivity contribution is 5.94. The highest BCUT2D eigenvalue weighted by atomic mass is 19.2. The fourth-order valence-electron chi connectivity index (χ4n) is 2.36. The number of halogens is 3.